The minimum Gasteiger partial charge on any atom is -0.335 e. The number of amides is 2. The van der Waals surface area contributed by atoms with E-state index in [2.05, 4.69) is 48.7 Å². The van der Waals surface area contributed by atoms with Crippen molar-refractivity contribution in [2.24, 2.45) is 7.05 Å². The van der Waals surface area contributed by atoms with Gasteiger partial charge in [-0.15, -0.1) is 0 Å². The number of piperidine rings is 1. The van der Waals surface area contributed by atoms with E-state index >= 15 is 0 Å². The average Bonchev–Trinajstić information content (AvgIpc) is 2.85. The summed E-state index contributed by atoms with van der Waals surface area (Å²) in [7, 11) is 1.88. The Bertz CT molecular complexity index is 763. The number of anilines is 1. The first kappa shape index (κ1) is 18.5. The predicted octanol–water partition coefficient (Wildman–Crippen LogP) is 3.52. The van der Waals surface area contributed by atoms with E-state index in [-0.39, 0.29) is 23.2 Å². The van der Waals surface area contributed by atoms with E-state index in [1.807, 2.05) is 43.4 Å². The molecule has 0 unspecified atom stereocenters. The predicted molar refractivity (Wildman–Crippen MR) is 105 cm³/mol. The zero-order valence-electron chi connectivity index (χ0n) is 16.3. The highest BCUT2D eigenvalue weighted by Gasteiger charge is 2.38. The molecule has 3 N–H and O–H groups in total. The minimum atomic E-state index is -0.207. The van der Waals surface area contributed by atoms with Crippen LogP contribution in [0, 0.1) is 0 Å². The molecule has 1 aliphatic heterocycles. The maximum absolute atomic E-state index is 12.5. The number of aryl methyl sites for hydroxylation is 1. The first-order valence-electron chi connectivity index (χ1n) is 9.10. The minimum absolute atomic E-state index is 0.00876. The van der Waals surface area contributed by atoms with Crippen LogP contribution in [-0.4, -0.2) is 32.9 Å². The second-order valence-electron chi connectivity index (χ2n) is 8.50. The largest absolute Gasteiger partial charge is 0.335 e. The van der Waals surface area contributed by atoms with Gasteiger partial charge in [-0.1, -0.05) is 30.3 Å². The summed E-state index contributed by atoms with van der Waals surface area (Å²) < 4.78 is 1.78. The number of carbonyl (C=O) groups is 1. The van der Waals surface area contributed by atoms with Crippen LogP contribution in [0.4, 0.5) is 10.6 Å². The fourth-order valence-corrected chi connectivity index (χ4v) is 4.17. The zero-order chi connectivity index (χ0) is 18.9. The Hall–Kier alpha value is -2.34. The molecule has 1 fully saturated rings. The summed E-state index contributed by atoms with van der Waals surface area (Å²) in [6, 6.07) is 11.8. The maximum Gasteiger partial charge on any atom is 0.320 e. The Kier molecular flexibility index (Phi) is 4.80. The van der Waals surface area contributed by atoms with Crippen LogP contribution in [-0.2, 0) is 7.05 Å². The van der Waals surface area contributed by atoms with Crippen LogP contribution in [0.3, 0.4) is 0 Å². The molecule has 1 aromatic heterocycles. The fourth-order valence-electron chi connectivity index (χ4n) is 4.17. The molecule has 0 aliphatic carbocycles. The molecule has 6 nitrogen and oxygen atoms in total. The molecule has 0 spiro atoms. The van der Waals surface area contributed by atoms with Crippen molar-refractivity contribution in [2.75, 3.05) is 5.32 Å². The lowest BCUT2D eigenvalue weighted by Gasteiger charge is -2.46. The number of aromatic nitrogens is 2. The summed E-state index contributed by atoms with van der Waals surface area (Å²) in [6.45, 7) is 8.69. The van der Waals surface area contributed by atoms with E-state index < -0.39 is 0 Å². The summed E-state index contributed by atoms with van der Waals surface area (Å²) >= 11 is 0. The van der Waals surface area contributed by atoms with E-state index in [4.69, 9.17) is 0 Å². The van der Waals surface area contributed by atoms with Crippen LogP contribution < -0.4 is 16.0 Å². The van der Waals surface area contributed by atoms with Crippen molar-refractivity contribution < 1.29 is 4.79 Å². The second kappa shape index (κ2) is 6.76. The van der Waals surface area contributed by atoms with Gasteiger partial charge < -0.3 is 10.6 Å². The van der Waals surface area contributed by atoms with Crippen LogP contribution in [0.5, 0.6) is 0 Å². The van der Waals surface area contributed by atoms with E-state index in [1.54, 1.807) is 4.68 Å². The first-order chi connectivity index (χ1) is 12.1. The summed E-state index contributed by atoms with van der Waals surface area (Å²) in [5, 5.41) is 14.0. The van der Waals surface area contributed by atoms with Crippen LogP contribution in [0.2, 0.25) is 0 Å². The number of urea groups is 1. The molecule has 0 radical (unpaired) electrons. The van der Waals surface area contributed by atoms with Crippen LogP contribution >= 0.6 is 0 Å². The lowest BCUT2D eigenvalue weighted by Crippen LogP contribution is -2.62. The first-order valence-corrected chi connectivity index (χ1v) is 9.10. The van der Waals surface area contributed by atoms with Gasteiger partial charge in [-0.2, -0.15) is 5.10 Å². The normalized spacial score (nSPS) is 19.1. The van der Waals surface area contributed by atoms with Gasteiger partial charge in [-0.05, 0) is 46.1 Å². The van der Waals surface area contributed by atoms with Gasteiger partial charge in [-0.25, -0.2) is 4.79 Å². The molecular formula is C20H29N5O. The van der Waals surface area contributed by atoms with Gasteiger partial charge in [0.1, 0.15) is 0 Å². The van der Waals surface area contributed by atoms with Crippen molar-refractivity contribution in [3.8, 4) is 11.3 Å². The standard InChI is InChI=1S/C20H29N5O/c1-19(2)12-15(13-20(3,4)24-19)21-18(26)22-17-11-16(25(5)23-17)14-9-7-6-8-10-14/h6-11,15,24H,12-13H2,1-5H3,(H2,21,22,23,26). The monoisotopic (exact) mass is 355 g/mol. The van der Waals surface area contributed by atoms with Crippen LogP contribution in [0.25, 0.3) is 11.3 Å². The van der Waals surface area contributed by atoms with Gasteiger partial charge in [0.2, 0.25) is 0 Å². The summed E-state index contributed by atoms with van der Waals surface area (Å²) in [4.78, 5) is 12.5. The Balaban J connectivity index is 1.66. The fraction of sp³-hybridized carbons (Fsp3) is 0.500. The highest BCUT2D eigenvalue weighted by Crippen LogP contribution is 2.28. The molecule has 2 aromatic rings. The number of carbonyl (C=O) groups excluding carboxylic acids is 1. The van der Waals surface area contributed by atoms with Crippen molar-refractivity contribution in [3.63, 3.8) is 0 Å². The van der Waals surface area contributed by atoms with Gasteiger partial charge in [-0.3, -0.25) is 10.00 Å². The Morgan fingerprint density at radius 2 is 1.77 bits per heavy atom. The molecule has 6 heteroatoms. The number of nitrogens with zero attached hydrogens (tertiary/aromatic N) is 2. The van der Waals surface area contributed by atoms with Crippen molar-refractivity contribution in [2.45, 2.75) is 57.7 Å². The zero-order valence-corrected chi connectivity index (χ0v) is 16.3. The SMILES string of the molecule is Cn1nc(NC(=O)NC2CC(C)(C)NC(C)(C)C2)cc1-c1ccccc1. The van der Waals surface area contributed by atoms with E-state index in [0.717, 1.165) is 24.1 Å². The molecule has 1 aliphatic rings. The summed E-state index contributed by atoms with van der Waals surface area (Å²) in [6.07, 6.45) is 1.78. The average molecular weight is 355 g/mol. The van der Waals surface area contributed by atoms with Crippen molar-refractivity contribution in [1.82, 2.24) is 20.4 Å². The highest BCUT2D eigenvalue weighted by atomic mass is 16.2. The lowest BCUT2D eigenvalue weighted by molar-refractivity contribution is 0.149. The molecule has 0 bridgehead atoms. The van der Waals surface area contributed by atoms with E-state index in [9.17, 15) is 4.79 Å². The van der Waals surface area contributed by atoms with E-state index in [0.29, 0.717) is 5.82 Å². The third-order valence-electron chi connectivity index (χ3n) is 4.72. The van der Waals surface area contributed by atoms with Gasteiger partial charge >= 0.3 is 6.03 Å². The molecular weight excluding hydrogens is 326 g/mol. The number of nitrogens with one attached hydrogen (secondary N) is 3. The number of hydrogen-bond acceptors (Lipinski definition) is 3. The van der Waals surface area contributed by atoms with Gasteiger partial charge in [0.25, 0.3) is 0 Å². The Labute approximate surface area is 155 Å². The van der Waals surface area contributed by atoms with Gasteiger partial charge in [0, 0.05) is 30.2 Å². The summed E-state index contributed by atoms with van der Waals surface area (Å²) in [5.41, 5.74) is 2.01. The van der Waals surface area contributed by atoms with Gasteiger partial charge in [0.15, 0.2) is 5.82 Å². The van der Waals surface area contributed by atoms with Crippen molar-refractivity contribution in [1.29, 1.82) is 0 Å². The van der Waals surface area contributed by atoms with Crippen molar-refractivity contribution >= 4 is 11.8 Å². The molecule has 26 heavy (non-hydrogen) atoms. The molecule has 3 rings (SSSR count). The molecule has 1 aromatic carbocycles. The maximum atomic E-state index is 12.5. The Morgan fingerprint density at radius 3 is 2.38 bits per heavy atom. The third kappa shape index (κ3) is 4.43. The number of rotatable bonds is 3. The molecule has 140 valence electrons. The topological polar surface area (TPSA) is 71.0 Å². The third-order valence-corrected chi connectivity index (χ3v) is 4.72. The van der Waals surface area contributed by atoms with E-state index in [1.165, 1.54) is 0 Å². The molecule has 1 saturated heterocycles. The lowest BCUT2D eigenvalue weighted by atomic mass is 9.80. The van der Waals surface area contributed by atoms with Gasteiger partial charge in [0.05, 0.1) is 5.69 Å². The molecule has 0 atom stereocenters. The van der Waals surface area contributed by atoms with Crippen LogP contribution in [0.1, 0.15) is 40.5 Å². The molecule has 2 heterocycles. The Morgan fingerprint density at radius 1 is 1.15 bits per heavy atom. The summed E-state index contributed by atoms with van der Waals surface area (Å²) in [5.74, 6) is 0.552. The van der Waals surface area contributed by atoms with Crippen molar-refractivity contribution in [3.05, 3.63) is 36.4 Å². The molecule has 2 amide bonds. The highest BCUT2D eigenvalue weighted by molar-refractivity contribution is 5.89. The second-order valence-corrected chi connectivity index (χ2v) is 8.50. The number of benzene rings is 1. The number of hydrogen-bond donors (Lipinski definition) is 3. The van der Waals surface area contributed by atoms with Crippen LogP contribution in [0.15, 0.2) is 36.4 Å². The molecule has 0 saturated carbocycles. The quantitative estimate of drug-likeness (QED) is 0.789. The smallest absolute Gasteiger partial charge is 0.320 e.